The Morgan fingerprint density at radius 2 is 1.77 bits per heavy atom. The van der Waals surface area contributed by atoms with E-state index in [1.807, 2.05) is 30.3 Å². The summed E-state index contributed by atoms with van der Waals surface area (Å²) in [6.07, 6.45) is 0. The van der Waals surface area contributed by atoms with Crippen LogP contribution in [0, 0.1) is 0 Å². The van der Waals surface area contributed by atoms with Gasteiger partial charge >= 0.3 is 0 Å². The highest BCUT2D eigenvalue weighted by molar-refractivity contribution is 9.10. The predicted molar refractivity (Wildman–Crippen MR) is 89.1 cm³/mol. The molecule has 0 saturated carbocycles. The van der Waals surface area contributed by atoms with Gasteiger partial charge in [-0.05, 0) is 47.1 Å². The molecule has 0 saturated heterocycles. The summed E-state index contributed by atoms with van der Waals surface area (Å²) >= 11 is 3.26. The van der Waals surface area contributed by atoms with Crippen molar-refractivity contribution in [3.8, 4) is 0 Å². The van der Waals surface area contributed by atoms with E-state index in [1.165, 1.54) is 0 Å². The van der Waals surface area contributed by atoms with Crippen LogP contribution >= 0.6 is 15.9 Å². The minimum Gasteiger partial charge on any atom is -0.459 e. The van der Waals surface area contributed by atoms with E-state index in [-0.39, 0.29) is 4.90 Å². The van der Waals surface area contributed by atoms with E-state index in [4.69, 9.17) is 4.42 Å². The molecule has 0 aliphatic heterocycles. The van der Waals surface area contributed by atoms with Crippen molar-refractivity contribution in [2.45, 2.75) is 17.9 Å². The van der Waals surface area contributed by atoms with Crippen LogP contribution in [0.15, 0.2) is 68.4 Å². The van der Waals surface area contributed by atoms with E-state index < -0.39 is 16.1 Å². The summed E-state index contributed by atoms with van der Waals surface area (Å²) in [5.41, 5.74) is 0.740. The fourth-order valence-electron chi connectivity index (χ4n) is 2.23. The van der Waals surface area contributed by atoms with Gasteiger partial charge in [-0.1, -0.05) is 30.3 Å². The summed E-state index contributed by atoms with van der Waals surface area (Å²) in [5, 5.41) is 0.949. The summed E-state index contributed by atoms with van der Waals surface area (Å²) in [6.45, 7) is 1.76. The van der Waals surface area contributed by atoms with Crippen LogP contribution in [0.4, 0.5) is 0 Å². The van der Waals surface area contributed by atoms with Gasteiger partial charge in [-0.2, -0.15) is 0 Å². The first-order valence-electron chi connectivity index (χ1n) is 6.73. The van der Waals surface area contributed by atoms with Crippen molar-refractivity contribution < 1.29 is 12.8 Å². The van der Waals surface area contributed by atoms with Gasteiger partial charge in [0.1, 0.15) is 11.3 Å². The summed E-state index contributed by atoms with van der Waals surface area (Å²) in [5.74, 6) is 0.580. The molecule has 0 aliphatic carbocycles. The van der Waals surface area contributed by atoms with Gasteiger partial charge in [0.2, 0.25) is 10.0 Å². The molecule has 2 aromatic carbocycles. The second-order valence-corrected chi connectivity index (χ2v) is 7.50. The number of halogens is 1. The lowest BCUT2D eigenvalue weighted by Gasteiger charge is -2.13. The quantitative estimate of drug-likeness (QED) is 0.737. The maximum Gasteiger partial charge on any atom is 0.242 e. The molecule has 3 aromatic rings. The molecular weight excluding hydrogens is 366 g/mol. The van der Waals surface area contributed by atoms with Gasteiger partial charge in [0.25, 0.3) is 0 Å². The van der Waals surface area contributed by atoms with Crippen molar-refractivity contribution >= 4 is 36.9 Å². The molecule has 1 atom stereocenters. The summed E-state index contributed by atoms with van der Waals surface area (Å²) in [7, 11) is -3.63. The number of sulfonamides is 1. The fraction of sp³-hybridized carbons (Fsp3) is 0.125. The third-order valence-electron chi connectivity index (χ3n) is 3.33. The lowest BCUT2D eigenvalue weighted by molar-refractivity contribution is 0.484. The Kier molecular flexibility index (Phi) is 4.08. The molecule has 1 N–H and O–H groups in total. The Labute approximate surface area is 137 Å². The van der Waals surface area contributed by atoms with Crippen LogP contribution < -0.4 is 4.72 Å². The average molecular weight is 380 g/mol. The SMILES string of the molecule is C[C@@H](NS(=O)(=O)c1ccccc1Br)c1cc2ccccc2o1. The van der Waals surface area contributed by atoms with E-state index in [1.54, 1.807) is 31.2 Å². The number of para-hydroxylation sites is 1. The number of fused-ring (bicyclic) bond motifs is 1. The smallest absolute Gasteiger partial charge is 0.242 e. The van der Waals surface area contributed by atoms with Crippen LogP contribution in [0.5, 0.6) is 0 Å². The first-order chi connectivity index (χ1) is 10.5. The number of nitrogens with one attached hydrogen (secondary N) is 1. The third kappa shape index (κ3) is 2.95. The summed E-state index contributed by atoms with van der Waals surface area (Å²) in [6, 6.07) is 15.7. The van der Waals surface area contributed by atoms with Crippen molar-refractivity contribution in [2.75, 3.05) is 0 Å². The van der Waals surface area contributed by atoms with Crippen molar-refractivity contribution in [3.05, 3.63) is 64.8 Å². The van der Waals surface area contributed by atoms with E-state index in [0.717, 1.165) is 11.0 Å². The molecule has 0 amide bonds. The second-order valence-electron chi connectivity index (χ2n) is 4.96. The Morgan fingerprint density at radius 3 is 2.50 bits per heavy atom. The number of benzene rings is 2. The van der Waals surface area contributed by atoms with E-state index >= 15 is 0 Å². The van der Waals surface area contributed by atoms with E-state index in [2.05, 4.69) is 20.7 Å². The van der Waals surface area contributed by atoms with Crippen LogP contribution in [0.1, 0.15) is 18.7 Å². The third-order valence-corrected chi connectivity index (χ3v) is 5.88. The van der Waals surface area contributed by atoms with Gasteiger partial charge in [0.15, 0.2) is 0 Å². The Balaban J connectivity index is 1.90. The fourth-order valence-corrected chi connectivity index (χ4v) is 4.45. The lowest BCUT2D eigenvalue weighted by Crippen LogP contribution is -2.26. The van der Waals surface area contributed by atoms with Crippen LogP contribution in [0.25, 0.3) is 11.0 Å². The van der Waals surface area contributed by atoms with E-state index in [0.29, 0.717) is 10.2 Å². The lowest BCUT2D eigenvalue weighted by atomic mass is 10.2. The van der Waals surface area contributed by atoms with E-state index in [9.17, 15) is 8.42 Å². The zero-order valence-electron chi connectivity index (χ0n) is 11.8. The maximum absolute atomic E-state index is 12.5. The minimum atomic E-state index is -3.63. The Hall–Kier alpha value is -1.63. The zero-order chi connectivity index (χ0) is 15.7. The maximum atomic E-state index is 12.5. The van der Waals surface area contributed by atoms with Crippen molar-refractivity contribution in [3.63, 3.8) is 0 Å². The Bertz CT molecular complexity index is 885. The van der Waals surface area contributed by atoms with Crippen molar-refractivity contribution in [1.82, 2.24) is 4.72 Å². The molecule has 1 heterocycles. The highest BCUT2D eigenvalue weighted by atomic mass is 79.9. The molecule has 0 fully saturated rings. The number of hydrogen-bond donors (Lipinski definition) is 1. The van der Waals surface area contributed by atoms with Crippen LogP contribution in [0.2, 0.25) is 0 Å². The molecule has 3 rings (SSSR count). The average Bonchev–Trinajstić information content (AvgIpc) is 2.91. The summed E-state index contributed by atoms with van der Waals surface area (Å²) in [4.78, 5) is 0.206. The van der Waals surface area contributed by atoms with Gasteiger partial charge < -0.3 is 4.42 Å². The molecule has 0 spiro atoms. The van der Waals surface area contributed by atoms with Gasteiger partial charge in [0, 0.05) is 9.86 Å². The molecule has 0 unspecified atom stereocenters. The van der Waals surface area contributed by atoms with Gasteiger partial charge in [-0.15, -0.1) is 0 Å². The number of furan rings is 1. The normalized spacial score (nSPS) is 13.4. The molecule has 6 heteroatoms. The number of rotatable bonds is 4. The Morgan fingerprint density at radius 1 is 1.09 bits per heavy atom. The first kappa shape index (κ1) is 15.3. The summed E-state index contributed by atoms with van der Waals surface area (Å²) < 4.78 is 33.8. The van der Waals surface area contributed by atoms with Crippen molar-refractivity contribution in [1.29, 1.82) is 0 Å². The van der Waals surface area contributed by atoms with Gasteiger partial charge in [-0.3, -0.25) is 0 Å². The van der Waals surface area contributed by atoms with Crippen LogP contribution in [-0.4, -0.2) is 8.42 Å². The standard InChI is InChI=1S/C16H14BrNO3S/c1-11(15-10-12-6-2-4-8-14(12)21-15)18-22(19,20)16-9-5-3-7-13(16)17/h2-11,18H,1H3/t11-/m1/s1. The molecule has 22 heavy (non-hydrogen) atoms. The molecule has 0 bridgehead atoms. The molecule has 0 aliphatic rings. The monoisotopic (exact) mass is 379 g/mol. The first-order valence-corrected chi connectivity index (χ1v) is 9.00. The van der Waals surface area contributed by atoms with Crippen LogP contribution in [0.3, 0.4) is 0 Å². The molecular formula is C16H14BrNO3S. The van der Waals surface area contributed by atoms with Gasteiger partial charge in [0.05, 0.1) is 10.9 Å². The van der Waals surface area contributed by atoms with Crippen LogP contribution in [-0.2, 0) is 10.0 Å². The predicted octanol–water partition coefficient (Wildman–Crippen LogP) is 4.23. The largest absolute Gasteiger partial charge is 0.459 e. The van der Waals surface area contributed by atoms with Gasteiger partial charge in [-0.25, -0.2) is 13.1 Å². The highest BCUT2D eigenvalue weighted by Gasteiger charge is 2.22. The highest BCUT2D eigenvalue weighted by Crippen LogP contribution is 2.26. The van der Waals surface area contributed by atoms with Crippen molar-refractivity contribution in [2.24, 2.45) is 0 Å². The molecule has 114 valence electrons. The zero-order valence-corrected chi connectivity index (χ0v) is 14.2. The molecule has 0 radical (unpaired) electrons. The number of hydrogen-bond acceptors (Lipinski definition) is 3. The minimum absolute atomic E-state index is 0.206. The molecule has 4 nitrogen and oxygen atoms in total. The topological polar surface area (TPSA) is 59.3 Å². The molecule has 1 aromatic heterocycles. The second kappa shape index (κ2) is 5.87.